The van der Waals surface area contributed by atoms with E-state index in [1.165, 1.54) is 24.1 Å². The van der Waals surface area contributed by atoms with E-state index < -0.39 is 0 Å². The van der Waals surface area contributed by atoms with Crippen LogP contribution in [0, 0.1) is 5.82 Å². The minimum absolute atomic E-state index is 0. The molecule has 0 aliphatic carbocycles. The van der Waals surface area contributed by atoms with Crippen LogP contribution >= 0.6 is 24.0 Å². The summed E-state index contributed by atoms with van der Waals surface area (Å²) in [6.45, 7) is 4.23. The summed E-state index contributed by atoms with van der Waals surface area (Å²) < 4.78 is 19.1. The average molecular weight is 566 g/mol. The molecule has 33 heavy (non-hydrogen) atoms. The van der Waals surface area contributed by atoms with Crippen molar-refractivity contribution >= 4 is 41.4 Å². The van der Waals surface area contributed by atoms with Crippen molar-refractivity contribution in [3.8, 4) is 0 Å². The molecular formula is C24H32FIN6O. The quantitative estimate of drug-likeness (QED) is 0.330. The maximum Gasteiger partial charge on any atom is 0.191 e. The highest BCUT2D eigenvalue weighted by atomic mass is 127. The van der Waals surface area contributed by atoms with Gasteiger partial charge in [-0.3, -0.25) is 4.99 Å². The maximum atomic E-state index is 13.2. The summed E-state index contributed by atoms with van der Waals surface area (Å²) in [5, 5.41) is 6.96. The number of aromatic nitrogens is 1. The smallest absolute Gasteiger partial charge is 0.191 e. The molecule has 0 amide bonds. The van der Waals surface area contributed by atoms with Crippen molar-refractivity contribution in [1.29, 1.82) is 0 Å². The number of guanidine groups is 1. The van der Waals surface area contributed by atoms with E-state index in [0.717, 1.165) is 56.5 Å². The minimum atomic E-state index is -0.197. The number of ether oxygens (including phenoxy) is 1. The van der Waals surface area contributed by atoms with Gasteiger partial charge in [-0.1, -0.05) is 0 Å². The lowest BCUT2D eigenvalue weighted by atomic mass is 9.96. The minimum Gasteiger partial charge on any atom is -0.373 e. The fraction of sp³-hybridized carbons (Fsp3) is 0.500. The molecule has 2 aromatic rings. The van der Waals surface area contributed by atoms with Crippen LogP contribution in [0.3, 0.4) is 0 Å². The summed E-state index contributed by atoms with van der Waals surface area (Å²) in [7, 11) is 1.81. The fourth-order valence-electron chi connectivity index (χ4n) is 4.93. The van der Waals surface area contributed by atoms with Gasteiger partial charge in [-0.15, -0.1) is 24.0 Å². The zero-order valence-electron chi connectivity index (χ0n) is 18.9. The molecule has 9 heteroatoms. The van der Waals surface area contributed by atoms with Crippen LogP contribution in [0.4, 0.5) is 15.9 Å². The lowest BCUT2D eigenvalue weighted by Gasteiger charge is -2.36. The SMILES string of the molecule is CN=C(NCc1ccnc(N2CCN(c3ccc(F)cc3)CC2)c1)NC1CC2CCC1O2.I. The first-order valence-corrected chi connectivity index (χ1v) is 11.5. The van der Waals surface area contributed by atoms with Crippen molar-refractivity contribution < 1.29 is 9.13 Å². The zero-order chi connectivity index (χ0) is 21.9. The van der Waals surface area contributed by atoms with Crippen LogP contribution in [0.25, 0.3) is 0 Å². The number of aliphatic imine (C=N–C) groups is 1. The molecule has 3 aliphatic heterocycles. The van der Waals surface area contributed by atoms with Crippen molar-refractivity contribution in [3.63, 3.8) is 0 Å². The normalized spacial score (nSPS) is 24.5. The summed E-state index contributed by atoms with van der Waals surface area (Å²) in [5.41, 5.74) is 2.24. The Labute approximate surface area is 211 Å². The first-order chi connectivity index (χ1) is 15.7. The van der Waals surface area contributed by atoms with Crippen molar-refractivity contribution in [2.75, 3.05) is 43.0 Å². The fourth-order valence-corrected chi connectivity index (χ4v) is 4.93. The van der Waals surface area contributed by atoms with E-state index in [1.807, 2.05) is 31.4 Å². The average Bonchev–Trinajstić information content (AvgIpc) is 3.46. The Kier molecular flexibility index (Phi) is 7.90. The van der Waals surface area contributed by atoms with E-state index >= 15 is 0 Å². The summed E-state index contributed by atoms with van der Waals surface area (Å²) >= 11 is 0. The van der Waals surface area contributed by atoms with Crippen LogP contribution in [-0.4, -0.2) is 62.4 Å². The van der Waals surface area contributed by atoms with Gasteiger partial charge >= 0.3 is 0 Å². The molecule has 2 bridgehead atoms. The number of benzene rings is 1. The highest BCUT2D eigenvalue weighted by molar-refractivity contribution is 14.0. The molecule has 1 aromatic carbocycles. The van der Waals surface area contributed by atoms with Crippen molar-refractivity contribution in [1.82, 2.24) is 15.6 Å². The number of rotatable bonds is 5. The van der Waals surface area contributed by atoms with Gasteiger partial charge in [0, 0.05) is 51.7 Å². The van der Waals surface area contributed by atoms with Gasteiger partial charge in [-0.05, 0) is 61.2 Å². The number of hydrogen-bond acceptors (Lipinski definition) is 5. The lowest BCUT2D eigenvalue weighted by molar-refractivity contribution is 0.0992. The molecular weight excluding hydrogens is 534 g/mol. The number of hydrogen-bond donors (Lipinski definition) is 2. The number of anilines is 2. The molecule has 0 saturated carbocycles. The second-order valence-corrected chi connectivity index (χ2v) is 8.76. The number of nitrogens with zero attached hydrogens (tertiary/aromatic N) is 4. The predicted octanol–water partition coefficient (Wildman–Crippen LogP) is 3.15. The third-order valence-electron chi connectivity index (χ3n) is 6.72. The Hall–Kier alpha value is -2.14. The molecule has 0 radical (unpaired) electrons. The van der Waals surface area contributed by atoms with E-state index in [-0.39, 0.29) is 29.8 Å². The van der Waals surface area contributed by atoms with Gasteiger partial charge in [0.25, 0.3) is 0 Å². The monoisotopic (exact) mass is 566 g/mol. The molecule has 178 valence electrons. The Morgan fingerprint density at radius 3 is 2.55 bits per heavy atom. The Morgan fingerprint density at radius 2 is 1.88 bits per heavy atom. The number of piperazine rings is 1. The van der Waals surface area contributed by atoms with Gasteiger partial charge < -0.3 is 25.2 Å². The van der Waals surface area contributed by atoms with Gasteiger partial charge in [0.1, 0.15) is 11.6 Å². The van der Waals surface area contributed by atoms with Crippen molar-refractivity contribution in [3.05, 3.63) is 54.0 Å². The molecule has 5 rings (SSSR count). The molecule has 3 aliphatic rings. The molecule has 3 saturated heterocycles. The highest BCUT2D eigenvalue weighted by Crippen LogP contribution is 2.34. The summed E-state index contributed by atoms with van der Waals surface area (Å²) in [6, 6.07) is 11.3. The molecule has 0 spiro atoms. The molecule has 3 atom stereocenters. The highest BCUT2D eigenvalue weighted by Gasteiger charge is 2.41. The summed E-state index contributed by atoms with van der Waals surface area (Å²) in [5.74, 6) is 1.61. The van der Waals surface area contributed by atoms with Gasteiger partial charge in [0.05, 0.1) is 18.2 Å². The summed E-state index contributed by atoms with van der Waals surface area (Å²) in [6.07, 6.45) is 6.00. The first kappa shape index (κ1) is 24.0. The third-order valence-corrected chi connectivity index (χ3v) is 6.72. The molecule has 4 heterocycles. The van der Waals surface area contributed by atoms with Crippen LogP contribution in [0.5, 0.6) is 0 Å². The van der Waals surface area contributed by atoms with E-state index in [1.54, 1.807) is 0 Å². The Bertz CT molecular complexity index is 950. The molecule has 7 nitrogen and oxygen atoms in total. The second-order valence-electron chi connectivity index (χ2n) is 8.76. The number of halogens is 2. The van der Waals surface area contributed by atoms with Gasteiger partial charge in [-0.2, -0.15) is 0 Å². The number of fused-ring (bicyclic) bond motifs is 2. The molecule has 2 N–H and O–H groups in total. The molecule has 3 fully saturated rings. The Balaban J connectivity index is 0.00000259. The number of pyridine rings is 1. The van der Waals surface area contributed by atoms with Crippen LogP contribution in [0.15, 0.2) is 47.6 Å². The predicted molar refractivity (Wildman–Crippen MR) is 140 cm³/mol. The van der Waals surface area contributed by atoms with Crippen molar-refractivity contribution in [2.45, 2.75) is 44.1 Å². The van der Waals surface area contributed by atoms with E-state index in [4.69, 9.17) is 4.74 Å². The maximum absolute atomic E-state index is 13.2. The van der Waals surface area contributed by atoms with E-state index in [0.29, 0.717) is 24.8 Å². The lowest BCUT2D eigenvalue weighted by Crippen LogP contribution is -2.47. The van der Waals surface area contributed by atoms with Crippen LogP contribution in [0.1, 0.15) is 24.8 Å². The van der Waals surface area contributed by atoms with Crippen molar-refractivity contribution in [2.24, 2.45) is 4.99 Å². The number of nitrogens with one attached hydrogen (secondary N) is 2. The van der Waals surface area contributed by atoms with Crippen LogP contribution in [-0.2, 0) is 11.3 Å². The van der Waals surface area contributed by atoms with Gasteiger partial charge in [-0.25, -0.2) is 9.37 Å². The van der Waals surface area contributed by atoms with E-state index in [2.05, 4.69) is 36.5 Å². The van der Waals surface area contributed by atoms with Crippen LogP contribution in [0.2, 0.25) is 0 Å². The largest absolute Gasteiger partial charge is 0.373 e. The summed E-state index contributed by atoms with van der Waals surface area (Å²) in [4.78, 5) is 13.6. The third kappa shape index (κ3) is 5.68. The topological polar surface area (TPSA) is 65.0 Å². The zero-order valence-corrected chi connectivity index (χ0v) is 21.2. The van der Waals surface area contributed by atoms with Gasteiger partial charge in [0.15, 0.2) is 5.96 Å². The van der Waals surface area contributed by atoms with E-state index in [9.17, 15) is 4.39 Å². The second kappa shape index (κ2) is 10.9. The molecule has 1 aromatic heterocycles. The Morgan fingerprint density at radius 1 is 1.12 bits per heavy atom. The van der Waals surface area contributed by atoms with Gasteiger partial charge in [0.2, 0.25) is 0 Å². The van der Waals surface area contributed by atoms with Crippen LogP contribution < -0.4 is 20.4 Å². The first-order valence-electron chi connectivity index (χ1n) is 11.5. The standard InChI is InChI=1S/C24H31FN6O.HI/c1-26-24(29-21-15-20-6-7-22(21)32-20)28-16-17-8-9-27-23(14-17)31-12-10-30(11-13-31)19-4-2-18(25)3-5-19;/h2-5,8-9,14,20-22H,6-7,10-13,15-16H2,1H3,(H2,26,28,29);1H. The molecule has 3 unspecified atom stereocenters.